The van der Waals surface area contributed by atoms with Crippen LogP contribution in [0.3, 0.4) is 0 Å². The van der Waals surface area contributed by atoms with Crippen molar-refractivity contribution in [2.24, 2.45) is 0 Å². The monoisotopic (exact) mass is 283 g/mol. The van der Waals surface area contributed by atoms with Crippen LogP contribution >= 0.6 is 0 Å². The third kappa shape index (κ3) is 3.67. The Kier molecular flexibility index (Phi) is 5.31. The van der Waals surface area contributed by atoms with Gasteiger partial charge in [0, 0.05) is 32.7 Å². The molecule has 0 amide bonds. The van der Waals surface area contributed by atoms with E-state index in [1.54, 1.807) is 4.90 Å². The maximum atomic E-state index is 14.2. The average molecular weight is 283 g/mol. The largest absolute Gasteiger partial charge is 0.364 e. The number of rotatable bonds is 5. The molecule has 0 saturated carbocycles. The SMILES string of the molecule is CCCNCc1cc(F)c(N2CCN(C)CC2)c(F)c1. The van der Waals surface area contributed by atoms with Gasteiger partial charge >= 0.3 is 0 Å². The summed E-state index contributed by atoms with van der Waals surface area (Å²) in [6.45, 7) is 6.41. The van der Waals surface area contributed by atoms with Gasteiger partial charge in [-0.25, -0.2) is 8.78 Å². The second kappa shape index (κ2) is 6.99. The van der Waals surface area contributed by atoms with E-state index in [-0.39, 0.29) is 5.69 Å². The van der Waals surface area contributed by atoms with Crippen molar-refractivity contribution in [2.45, 2.75) is 19.9 Å². The lowest BCUT2D eigenvalue weighted by Gasteiger charge is -2.34. The topological polar surface area (TPSA) is 18.5 Å². The molecule has 1 heterocycles. The van der Waals surface area contributed by atoms with Gasteiger partial charge in [0.05, 0.1) is 0 Å². The van der Waals surface area contributed by atoms with Crippen LogP contribution < -0.4 is 10.2 Å². The molecule has 0 bridgehead atoms. The quantitative estimate of drug-likeness (QED) is 0.836. The normalized spacial score (nSPS) is 16.7. The first-order valence-corrected chi connectivity index (χ1v) is 7.24. The highest BCUT2D eigenvalue weighted by atomic mass is 19.1. The summed E-state index contributed by atoms with van der Waals surface area (Å²) in [4.78, 5) is 3.96. The Hall–Kier alpha value is -1.20. The first-order chi connectivity index (χ1) is 9.61. The fourth-order valence-electron chi connectivity index (χ4n) is 2.46. The molecule has 0 aromatic heterocycles. The van der Waals surface area contributed by atoms with Crippen LogP contribution in [0.15, 0.2) is 12.1 Å². The number of nitrogens with one attached hydrogen (secondary N) is 1. The molecule has 0 unspecified atom stereocenters. The molecular formula is C15H23F2N3. The molecule has 20 heavy (non-hydrogen) atoms. The number of piperazine rings is 1. The standard InChI is InChI=1S/C15H23F2N3/c1-3-4-18-11-12-9-13(16)15(14(17)10-12)20-7-5-19(2)6-8-20/h9-10,18H,3-8,11H2,1-2H3. The summed E-state index contributed by atoms with van der Waals surface area (Å²) in [6, 6.07) is 2.89. The number of likely N-dealkylation sites (N-methyl/N-ethyl adjacent to an activating group) is 1. The molecule has 112 valence electrons. The van der Waals surface area contributed by atoms with Crippen LogP contribution in [-0.4, -0.2) is 44.7 Å². The zero-order chi connectivity index (χ0) is 14.5. The lowest BCUT2D eigenvalue weighted by molar-refractivity contribution is 0.310. The Morgan fingerprint density at radius 1 is 1.10 bits per heavy atom. The van der Waals surface area contributed by atoms with Crippen LogP contribution in [0.2, 0.25) is 0 Å². The highest BCUT2D eigenvalue weighted by Crippen LogP contribution is 2.26. The predicted molar refractivity (Wildman–Crippen MR) is 78.1 cm³/mol. The Labute approximate surface area is 119 Å². The van der Waals surface area contributed by atoms with E-state index in [1.165, 1.54) is 12.1 Å². The Bertz CT molecular complexity index is 420. The Morgan fingerprint density at radius 2 is 1.70 bits per heavy atom. The van der Waals surface area contributed by atoms with Crippen molar-refractivity contribution in [3.63, 3.8) is 0 Å². The molecule has 1 fully saturated rings. The number of anilines is 1. The van der Waals surface area contributed by atoms with Gasteiger partial charge in [-0.15, -0.1) is 0 Å². The Morgan fingerprint density at radius 3 is 2.25 bits per heavy atom. The van der Waals surface area contributed by atoms with E-state index in [9.17, 15) is 8.78 Å². The van der Waals surface area contributed by atoms with E-state index in [0.717, 1.165) is 26.1 Å². The van der Waals surface area contributed by atoms with Crippen molar-refractivity contribution in [1.29, 1.82) is 0 Å². The van der Waals surface area contributed by atoms with Crippen molar-refractivity contribution in [1.82, 2.24) is 10.2 Å². The van der Waals surface area contributed by atoms with Gasteiger partial charge in [0.25, 0.3) is 0 Å². The molecule has 1 aromatic rings. The van der Waals surface area contributed by atoms with E-state index < -0.39 is 11.6 Å². The minimum atomic E-state index is -0.456. The van der Waals surface area contributed by atoms with E-state index in [4.69, 9.17) is 0 Å². The second-order valence-electron chi connectivity index (χ2n) is 5.38. The minimum Gasteiger partial charge on any atom is -0.364 e. The first kappa shape index (κ1) is 15.2. The lowest BCUT2D eigenvalue weighted by Crippen LogP contribution is -2.45. The highest BCUT2D eigenvalue weighted by molar-refractivity contribution is 5.51. The van der Waals surface area contributed by atoms with Crippen molar-refractivity contribution in [3.05, 3.63) is 29.3 Å². The maximum absolute atomic E-state index is 14.2. The van der Waals surface area contributed by atoms with Crippen LogP contribution in [0.25, 0.3) is 0 Å². The third-order valence-corrected chi connectivity index (χ3v) is 3.65. The zero-order valence-electron chi connectivity index (χ0n) is 12.3. The van der Waals surface area contributed by atoms with Gasteiger partial charge in [-0.1, -0.05) is 6.92 Å². The van der Waals surface area contributed by atoms with Crippen LogP contribution in [0.5, 0.6) is 0 Å². The summed E-state index contributed by atoms with van der Waals surface area (Å²) in [7, 11) is 2.02. The summed E-state index contributed by atoms with van der Waals surface area (Å²) in [6.07, 6.45) is 1.00. The molecule has 0 atom stereocenters. The maximum Gasteiger partial charge on any atom is 0.149 e. The van der Waals surface area contributed by atoms with Gasteiger partial charge in [-0.3, -0.25) is 0 Å². The van der Waals surface area contributed by atoms with Crippen molar-refractivity contribution < 1.29 is 8.78 Å². The van der Waals surface area contributed by atoms with Crippen LogP contribution in [-0.2, 0) is 6.54 Å². The fraction of sp³-hybridized carbons (Fsp3) is 0.600. The van der Waals surface area contributed by atoms with Gasteiger partial charge < -0.3 is 15.1 Å². The molecule has 1 aliphatic heterocycles. The molecule has 2 rings (SSSR count). The number of halogens is 2. The van der Waals surface area contributed by atoms with Gasteiger partial charge in [0.1, 0.15) is 17.3 Å². The molecule has 0 spiro atoms. The Balaban J connectivity index is 2.10. The van der Waals surface area contributed by atoms with Crippen LogP contribution in [0.4, 0.5) is 14.5 Å². The van der Waals surface area contributed by atoms with E-state index in [0.29, 0.717) is 25.2 Å². The lowest BCUT2D eigenvalue weighted by atomic mass is 10.1. The van der Waals surface area contributed by atoms with Gasteiger partial charge in [-0.05, 0) is 37.7 Å². The molecule has 0 radical (unpaired) electrons. The summed E-state index contributed by atoms with van der Waals surface area (Å²) in [5.41, 5.74) is 0.781. The fourth-order valence-corrected chi connectivity index (χ4v) is 2.46. The first-order valence-electron chi connectivity index (χ1n) is 7.24. The molecular weight excluding hydrogens is 260 g/mol. The second-order valence-corrected chi connectivity index (χ2v) is 5.38. The molecule has 1 N–H and O–H groups in total. The highest BCUT2D eigenvalue weighted by Gasteiger charge is 2.21. The number of hydrogen-bond acceptors (Lipinski definition) is 3. The zero-order valence-corrected chi connectivity index (χ0v) is 12.3. The van der Waals surface area contributed by atoms with E-state index in [1.807, 2.05) is 7.05 Å². The van der Waals surface area contributed by atoms with Crippen molar-refractivity contribution >= 4 is 5.69 Å². The smallest absolute Gasteiger partial charge is 0.149 e. The summed E-state index contributed by atoms with van der Waals surface area (Å²) >= 11 is 0. The number of nitrogens with zero attached hydrogens (tertiary/aromatic N) is 2. The van der Waals surface area contributed by atoms with Gasteiger partial charge in [0.15, 0.2) is 0 Å². The number of benzene rings is 1. The molecule has 1 saturated heterocycles. The molecule has 1 aromatic carbocycles. The van der Waals surface area contributed by atoms with Crippen molar-refractivity contribution in [3.8, 4) is 0 Å². The van der Waals surface area contributed by atoms with E-state index in [2.05, 4.69) is 17.1 Å². The van der Waals surface area contributed by atoms with Crippen LogP contribution in [0, 0.1) is 11.6 Å². The van der Waals surface area contributed by atoms with Gasteiger partial charge in [0.2, 0.25) is 0 Å². The predicted octanol–water partition coefficient (Wildman–Crippen LogP) is 2.22. The molecule has 3 nitrogen and oxygen atoms in total. The summed E-state index contributed by atoms with van der Waals surface area (Å²) in [5, 5.41) is 3.16. The average Bonchev–Trinajstić information content (AvgIpc) is 2.40. The molecule has 5 heteroatoms. The van der Waals surface area contributed by atoms with Crippen LogP contribution in [0.1, 0.15) is 18.9 Å². The third-order valence-electron chi connectivity index (χ3n) is 3.65. The van der Waals surface area contributed by atoms with Crippen molar-refractivity contribution in [2.75, 3.05) is 44.7 Å². The van der Waals surface area contributed by atoms with Gasteiger partial charge in [-0.2, -0.15) is 0 Å². The molecule has 1 aliphatic rings. The summed E-state index contributed by atoms with van der Waals surface area (Å²) < 4.78 is 28.4. The number of hydrogen-bond donors (Lipinski definition) is 1. The minimum absolute atomic E-state index is 0.123. The summed E-state index contributed by atoms with van der Waals surface area (Å²) in [5.74, 6) is -0.911. The van der Waals surface area contributed by atoms with E-state index >= 15 is 0 Å². The molecule has 0 aliphatic carbocycles.